The molecule has 0 fully saturated rings. The van der Waals surface area contributed by atoms with Crippen LogP contribution >= 0.6 is 11.6 Å². The Bertz CT molecular complexity index is 758. The first-order valence-corrected chi connectivity index (χ1v) is 6.98. The van der Waals surface area contributed by atoms with Gasteiger partial charge in [-0.1, -0.05) is 41.9 Å². The first-order valence-electron chi connectivity index (χ1n) is 6.60. The zero-order valence-corrected chi connectivity index (χ0v) is 12.2. The van der Waals surface area contributed by atoms with Crippen LogP contribution in [-0.4, -0.2) is 5.78 Å². The van der Waals surface area contributed by atoms with Crippen LogP contribution < -0.4 is 4.74 Å². The van der Waals surface area contributed by atoms with Gasteiger partial charge in [-0.25, -0.2) is 0 Å². The third-order valence-corrected chi connectivity index (χ3v) is 3.41. The van der Waals surface area contributed by atoms with E-state index in [1.165, 1.54) is 13.0 Å². The summed E-state index contributed by atoms with van der Waals surface area (Å²) >= 11 is 6.04. The van der Waals surface area contributed by atoms with Gasteiger partial charge < -0.3 is 4.74 Å². The highest BCUT2D eigenvalue weighted by Gasteiger charge is 2.19. The highest BCUT2D eigenvalue weighted by atomic mass is 35.5. The van der Waals surface area contributed by atoms with Crippen LogP contribution in [0.1, 0.15) is 18.1 Å². The normalized spacial score (nSPS) is 15.1. The highest BCUT2D eigenvalue weighted by molar-refractivity contribution is 6.30. The number of halogens is 1. The van der Waals surface area contributed by atoms with Gasteiger partial charge in [0.1, 0.15) is 11.5 Å². The molecule has 0 N–H and O–H groups in total. The largest absolute Gasteiger partial charge is 0.456 e. The van der Waals surface area contributed by atoms with E-state index < -0.39 is 0 Å². The molecule has 0 saturated heterocycles. The maximum absolute atomic E-state index is 11.5. The van der Waals surface area contributed by atoms with Gasteiger partial charge in [0.2, 0.25) is 0 Å². The average Bonchev–Trinajstić information content (AvgIpc) is 2.47. The molecular weight excluding hydrogens is 284 g/mol. The molecule has 104 valence electrons. The van der Waals surface area contributed by atoms with Crippen LogP contribution in [0.3, 0.4) is 0 Å². The van der Waals surface area contributed by atoms with Crippen molar-refractivity contribution < 1.29 is 9.53 Å². The van der Waals surface area contributed by atoms with Gasteiger partial charge >= 0.3 is 0 Å². The molecule has 1 aliphatic heterocycles. The predicted octanol–water partition coefficient (Wildman–Crippen LogP) is 4.75. The van der Waals surface area contributed by atoms with E-state index in [2.05, 4.69) is 0 Å². The van der Waals surface area contributed by atoms with Crippen molar-refractivity contribution in [1.82, 2.24) is 0 Å². The SMILES string of the molecule is CC(=O)/C=C1\Oc2ccc(Cl)cc2C=C1c1ccccc1. The number of allylic oxidation sites excluding steroid dienone is 2. The van der Waals surface area contributed by atoms with Gasteiger partial charge in [0.05, 0.1) is 0 Å². The minimum Gasteiger partial charge on any atom is -0.456 e. The monoisotopic (exact) mass is 296 g/mol. The van der Waals surface area contributed by atoms with Gasteiger partial charge in [0.15, 0.2) is 5.78 Å². The summed E-state index contributed by atoms with van der Waals surface area (Å²) in [5.41, 5.74) is 2.78. The van der Waals surface area contributed by atoms with E-state index in [1.807, 2.05) is 48.5 Å². The molecule has 21 heavy (non-hydrogen) atoms. The quantitative estimate of drug-likeness (QED) is 0.748. The Labute approximate surface area is 128 Å². The molecular formula is C18H13ClO2. The molecule has 3 rings (SSSR count). The molecule has 0 atom stereocenters. The van der Waals surface area contributed by atoms with Crippen LogP contribution in [0.15, 0.2) is 60.4 Å². The third-order valence-electron chi connectivity index (χ3n) is 3.18. The fourth-order valence-corrected chi connectivity index (χ4v) is 2.44. The van der Waals surface area contributed by atoms with Crippen LogP contribution in [-0.2, 0) is 4.79 Å². The third kappa shape index (κ3) is 2.91. The Hall–Kier alpha value is -2.32. The minimum absolute atomic E-state index is 0.0516. The van der Waals surface area contributed by atoms with Crippen LogP contribution in [0.4, 0.5) is 0 Å². The molecule has 0 spiro atoms. The maximum atomic E-state index is 11.5. The van der Waals surface area contributed by atoms with Crippen LogP contribution in [0, 0.1) is 0 Å². The van der Waals surface area contributed by atoms with E-state index in [0.29, 0.717) is 16.5 Å². The fourth-order valence-electron chi connectivity index (χ4n) is 2.26. The van der Waals surface area contributed by atoms with Crippen molar-refractivity contribution in [2.75, 3.05) is 0 Å². The van der Waals surface area contributed by atoms with Gasteiger partial charge in [-0.05, 0) is 36.8 Å². The lowest BCUT2D eigenvalue weighted by Crippen LogP contribution is -2.06. The van der Waals surface area contributed by atoms with Crippen molar-refractivity contribution in [3.05, 3.63) is 76.5 Å². The van der Waals surface area contributed by atoms with E-state index in [9.17, 15) is 4.79 Å². The molecule has 3 heteroatoms. The molecule has 0 aromatic heterocycles. The van der Waals surface area contributed by atoms with Gasteiger partial charge in [-0.2, -0.15) is 0 Å². The Morgan fingerprint density at radius 2 is 1.90 bits per heavy atom. The molecule has 2 aromatic rings. The first kappa shape index (κ1) is 13.7. The molecule has 0 unspecified atom stereocenters. The summed E-state index contributed by atoms with van der Waals surface area (Å²) in [7, 11) is 0. The smallest absolute Gasteiger partial charge is 0.156 e. The number of ketones is 1. The van der Waals surface area contributed by atoms with Gasteiger partial charge in [-0.15, -0.1) is 0 Å². The average molecular weight is 297 g/mol. The van der Waals surface area contributed by atoms with E-state index in [-0.39, 0.29) is 5.78 Å². The molecule has 0 radical (unpaired) electrons. The molecule has 1 aliphatic rings. The zero-order valence-electron chi connectivity index (χ0n) is 11.5. The van der Waals surface area contributed by atoms with Crippen molar-refractivity contribution >= 4 is 29.0 Å². The molecule has 0 aliphatic carbocycles. The standard InChI is InChI=1S/C18H13ClO2/c1-12(20)9-18-16(13-5-3-2-4-6-13)11-14-10-15(19)7-8-17(14)21-18/h2-11H,1H3/b18-9-. The number of carbonyl (C=O) groups excluding carboxylic acids is 1. The number of hydrogen-bond donors (Lipinski definition) is 0. The molecule has 0 bridgehead atoms. The van der Waals surface area contributed by atoms with Crippen LogP contribution in [0.25, 0.3) is 11.6 Å². The lowest BCUT2D eigenvalue weighted by atomic mass is 9.97. The van der Waals surface area contributed by atoms with Gasteiger partial charge in [-0.3, -0.25) is 4.79 Å². The molecule has 2 nitrogen and oxygen atoms in total. The lowest BCUT2D eigenvalue weighted by Gasteiger charge is -2.21. The summed E-state index contributed by atoms with van der Waals surface area (Å²) in [4.78, 5) is 11.5. The summed E-state index contributed by atoms with van der Waals surface area (Å²) in [6, 6.07) is 15.3. The number of fused-ring (bicyclic) bond motifs is 1. The van der Waals surface area contributed by atoms with Crippen molar-refractivity contribution in [3.8, 4) is 5.75 Å². The molecule has 0 saturated carbocycles. The molecule has 1 heterocycles. The molecule has 2 aromatic carbocycles. The maximum Gasteiger partial charge on any atom is 0.156 e. The van der Waals surface area contributed by atoms with Crippen molar-refractivity contribution in [3.63, 3.8) is 0 Å². The Balaban J connectivity index is 2.17. The van der Waals surface area contributed by atoms with Gasteiger partial charge in [0.25, 0.3) is 0 Å². The number of carbonyl (C=O) groups is 1. The van der Waals surface area contributed by atoms with E-state index >= 15 is 0 Å². The highest BCUT2D eigenvalue weighted by Crippen LogP contribution is 2.37. The summed E-state index contributed by atoms with van der Waals surface area (Å²) in [5.74, 6) is 1.21. The fraction of sp³-hybridized carbons (Fsp3) is 0.0556. The van der Waals surface area contributed by atoms with E-state index in [1.54, 1.807) is 6.07 Å². The Kier molecular flexibility index (Phi) is 3.63. The number of benzene rings is 2. The number of ether oxygens (including phenoxy) is 1. The lowest BCUT2D eigenvalue weighted by molar-refractivity contribution is -0.112. The van der Waals surface area contributed by atoms with Crippen LogP contribution in [0.5, 0.6) is 5.75 Å². The Morgan fingerprint density at radius 3 is 2.62 bits per heavy atom. The minimum atomic E-state index is -0.0516. The topological polar surface area (TPSA) is 26.3 Å². The van der Waals surface area contributed by atoms with E-state index in [4.69, 9.17) is 16.3 Å². The summed E-state index contributed by atoms with van der Waals surface area (Å²) in [5, 5.41) is 0.653. The summed E-state index contributed by atoms with van der Waals surface area (Å²) in [6.07, 6.45) is 3.51. The van der Waals surface area contributed by atoms with Gasteiger partial charge in [0, 0.05) is 22.2 Å². The zero-order chi connectivity index (χ0) is 14.8. The van der Waals surface area contributed by atoms with Crippen LogP contribution in [0.2, 0.25) is 5.02 Å². The van der Waals surface area contributed by atoms with Crippen molar-refractivity contribution in [2.24, 2.45) is 0 Å². The Morgan fingerprint density at radius 1 is 1.14 bits per heavy atom. The summed E-state index contributed by atoms with van der Waals surface area (Å²) in [6.45, 7) is 1.51. The summed E-state index contributed by atoms with van der Waals surface area (Å²) < 4.78 is 5.88. The number of rotatable bonds is 2. The predicted molar refractivity (Wildman–Crippen MR) is 85.2 cm³/mol. The first-order chi connectivity index (χ1) is 10.1. The second kappa shape index (κ2) is 5.58. The van der Waals surface area contributed by atoms with Crippen molar-refractivity contribution in [1.29, 1.82) is 0 Å². The second-order valence-corrected chi connectivity index (χ2v) is 5.26. The number of hydrogen-bond acceptors (Lipinski definition) is 2. The van der Waals surface area contributed by atoms with E-state index in [0.717, 1.165) is 16.7 Å². The molecule has 0 amide bonds. The van der Waals surface area contributed by atoms with Crippen molar-refractivity contribution in [2.45, 2.75) is 6.92 Å². The second-order valence-electron chi connectivity index (χ2n) is 4.83.